The number of aryl methyl sites for hydroxylation is 3. The summed E-state index contributed by atoms with van der Waals surface area (Å²) in [7, 11) is 0. The van der Waals surface area contributed by atoms with Gasteiger partial charge in [-0.15, -0.1) is 11.3 Å². The zero-order valence-corrected chi connectivity index (χ0v) is 19.3. The molecule has 0 radical (unpaired) electrons. The van der Waals surface area contributed by atoms with Gasteiger partial charge in [-0.3, -0.25) is 14.2 Å². The standard InChI is InChI=1S/C24H23N3O2S2/c1-15-5-8-18(9-6-15)13-25-21(28)14-31-24-26-19-10-11-30-22(19)23(29)27(24)20-12-16(2)4-7-17(20)3/h4-12H,13-14H2,1-3H3,(H,25,28). The van der Waals surface area contributed by atoms with E-state index in [0.29, 0.717) is 21.9 Å². The Hall–Kier alpha value is -2.90. The Morgan fingerprint density at radius 2 is 1.81 bits per heavy atom. The van der Waals surface area contributed by atoms with Crippen LogP contribution < -0.4 is 10.9 Å². The maximum absolute atomic E-state index is 13.3. The lowest BCUT2D eigenvalue weighted by molar-refractivity contribution is -0.118. The zero-order valence-electron chi connectivity index (χ0n) is 17.6. The quantitative estimate of drug-likeness (QED) is 0.340. The number of nitrogens with zero attached hydrogens (tertiary/aromatic N) is 2. The second-order valence-corrected chi connectivity index (χ2v) is 9.37. The summed E-state index contributed by atoms with van der Waals surface area (Å²) in [6, 6.07) is 15.9. The largest absolute Gasteiger partial charge is 0.351 e. The van der Waals surface area contributed by atoms with Crippen molar-refractivity contribution in [3.05, 3.63) is 86.5 Å². The van der Waals surface area contributed by atoms with E-state index in [4.69, 9.17) is 4.98 Å². The number of thiophene rings is 1. The first-order valence-electron chi connectivity index (χ1n) is 9.95. The van der Waals surface area contributed by atoms with E-state index < -0.39 is 0 Å². The number of benzene rings is 2. The molecule has 4 rings (SSSR count). The van der Waals surface area contributed by atoms with Crippen LogP contribution in [0, 0.1) is 20.8 Å². The third-order valence-corrected chi connectivity index (χ3v) is 6.83. The lowest BCUT2D eigenvalue weighted by Gasteiger charge is -2.15. The number of thioether (sulfide) groups is 1. The first kappa shape index (κ1) is 21.3. The minimum absolute atomic E-state index is 0.0993. The third kappa shape index (κ3) is 4.73. The second kappa shape index (κ2) is 9.08. The molecule has 4 aromatic rings. The number of hydrogen-bond acceptors (Lipinski definition) is 5. The number of rotatable bonds is 6. The molecule has 2 heterocycles. The highest BCUT2D eigenvalue weighted by atomic mass is 32.2. The molecule has 2 aromatic carbocycles. The zero-order chi connectivity index (χ0) is 22.0. The summed E-state index contributed by atoms with van der Waals surface area (Å²) >= 11 is 2.67. The molecular weight excluding hydrogens is 426 g/mol. The van der Waals surface area contributed by atoms with Gasteiger partial charge in [-0.25, -0.2) is 4.98 Å². The highest BCUT2D eigenvalue weighted by Gasteiger charge is 2.17. The van der Waals surface area contributed by atoms with Crippen molar-refractivity contribution in [2.24, 2.45) is 0 Å². The predicted molar refractivity (Wildman–Crippen MR) is 128 cm³/mol. The van der Waals surface area contributed by atoms with Crippen LogP contribution in [0.3, 0.4) is 0 Å². The molecule has 0 aliphatic heterocycles. The van der Waals surface area contributed by atoms with Crippen molar-refractivity contribution in [3.8, 4) is 5.69 Å². The molecule has 0 saturated carbocycles. The Morgan fingerprint density at radius 3 is 2.58 bits per heavy atom. The lowest BCUT2D eigenvalue weighted by atomic mass is 10.1. The van der Waals surface area contributed by atoms with Crippen molar-refractivity contribution in [1.29, 1.82) is 0 Å². The number of nitrogens with one attached hydrogen (secondary N) is 1. The maximum Gasteiger partial charge on any atom is 0.276 e. The third-order valence-electron chi connectivity index (χ3n) is 5.00. The van der Waals surface area contributed by atoms with Gasteiger partial charge in [0.25, 0.3) is 5.56 Å². The molecule has 7 heteroatoms. The van der Waals surface area contributed by atoms with Gasteiger partial charge in [0.1, 0.15) is 4.70 Å². The highest BCUT2D eigenvalue weighted by Crippen LogP contribution is 2.25. The molecule has 1 amide bonds. The molecule has 31 heavy (non-hydrogen) atoms. The minimum atomic E-state index is -0.101. The van der Waals surface area contributed by atoms with Crippen molar-refractivity contribution >= 4 is 39.2 Å². The van der Waals surface area contributed by atoms with Crippen molar-refractivity contribution in [2.45, 2.75) is 32.5 Å². The van der Waals surface area contributed by atoms with Crippen LogP contribution >= 0.6 is 23.1 Å². The van der Waals surface area contributed by atoms with E-state index in [2.05, 4.69) is 5.32 Å². The van der Waals surface area contributed by atoms with Crippen LogP contribution in [-0.2, 0) is 11.3 Å². The van der Waals surface area contributed by atoms with Crippen molar-refractivity contribution in [1.82, 2.24) is 14.9 Å². The molecule has 0 fully saturated rings. The average Bonchev–Trinajstić information content (AvgIpc) is 3.23. The average molecular weight is 450 g/mol. The smallest absolute Gasteiger partial charge is 0.276 e. The molecule has 2 aromatic heterocycles. The predicted octanol–water partition coefficient (Wildman–Crippen LogP) is 4.78. The first-order valence-corrected chi connectivity index (χ1v) is 11.8. The summed E-state index contributed by atoms with van der Waals surface area (Å²) in [6.07, 6.45) is 0. The molecule has 0 atom stereocenters. The van der Waals surface area contributed by atoms with Crippen LogP contribution in [0.25, 0.3) is 15.9 Å². The molecule has 0 saturated heterocycles. The van der Waals surface area contributed by atoms with Gasteiger partial charge in [0.05, 0.1) is 17.0 Å². The summed E-state index contributed by atoms with van der Waals surface area (Å²) < 4.78 is 2.26. The summed E-state index contributed by atoms with van der Waals surface area (Å²) in [5.74, 6) is 0.0801. The Bertz CT molecular complexity index is 1310. The van der Waals surface area contributed by atoms with Crippen molar-refractivity contribution < 1.29 is 4.79 Å². The molecule has 158 valence electrons. The van der Waals surface area contributed by atoms with Crippen LogP contribution in [-0.4, -0.2) is 21.2 Å². The fraction of sp³-hybridized carbons (Fsp3) is 0.208. The molecule has 5 nitrogen and oxygen atoms in total. The van der Waals surface area contributed by atoms with Gasteiger partial charge >= 0.3 is 0 Å². The summed E-state index contributed by atoms with van der Waals surface area (Å²) in [5.41, 5.74) is 5.64. The normalized spacial score (nSPS) is 11.1. The number of hydrogen-bond donors (Lipinski definition) is 1. The van der Waals surface area contributed by atoms with Crippen LogP contribution in [0.1, 0.15) is 22.3 Å². The second-order valence-electron chi connectivity index (χ2n) is 7.51. The highest BCUT2D eigenvalue weighted by molar-refractivity contribution is 7.99. The lowest BCUT2D eigenvalue weighted by Crippen LogP contribution is -2.26. The number of carbonyl (C=O) groups is 1. The Labute approximate surface area is 189 Å². The van der Waals surface area contributed by atoms with Gasteiger partial charge in [-0.1, -0.05) is 53.7 Å². The van der Waals surface area contributed by atoms with Gasteiger partial charge < -0.3 is 5.32 Å². The maximum atomic E-state index is 13.3. The number of carbonyl (C=O) groups excluding carboxylic acids is 1. The van der Waals surface area contributed by atoms with Crippen LogP contribution in [0.15, 0.2) is 63.9 Å². The topological polar surface area (TPSA) is 64.0 Å². The fourth-order valence-corrected chi connectivity index (χ4v) is 4.84. The number of aromatic nitrogens is 2. The van der Waals surface area contributed by atoms with Gasteiger partial charge in [0.2, 0.25) is 5.91 Å². The van der Waals surface area contributed by atoms with E-state index in [1.165, 1.54) is 28.7 Å². The number of amides is 1. The Kier molecular flexibility index (Phi) is 6.25. The molecule has 0 bridgehead atoms. The van der Waals surface area contributed by atoms with E-state index in [1.807, 2.05) is 74.7 Å². The minimum Gasteiger partial charge on any atom is -0.351 e. The van der Waals surface area contributed by atoms with Crippen LogP contribution in [0.5, 0.6) is 0 Å². The van der Waals surface area contributed by atoms with Crippen molar-refractivity contribution in [3.63, 3.8) is 0 Å². The molecule has 0 aliphatic rings. The van der Waals surface area contributed by atoms with E-state index >= 15 is 0 Å². The Balaban J connectivity index is 1.59. The summed E-state index contributed by atoms with van der Waals surface area (Å²) in [5, 5.41) is 5.34. The summed E-state index contributed by atoms with van der Waals surface area (Å²) in [4.78, 5) is 30.5. The van der Waals surface area contributed by atoms with Crippen molar-refractivity contribution in [2.75, 3.05) is 5.75 Å². The molecule has 1 N–H and O–H groups in total. The SMILES string of the molecule is Cc1ccc(CNC(=O)CSc2nc3ccsc3c(=O)n2-c2cc(C)ccc2C)cc1. The summed E-state index contributed by atoms with van der Waals surface area (Å²) in [6.45, 7) is 6.48. The first-order chi connectivity index (χ1) is 14.9. The van der Waals surface area contributed by atoms with E-state index in [-0.39, 0.29) is 17.2 Å². The number of fused-ring (bicyclic) bond motifs is 1. The fourth-order valence-electron chi connectivity index (χ4n) is 3.25. The molecular formula is C24H23N3O2S2. The monoisotopic (exact) mass is 449 g/mol. The molecule has 0 unspecified atom stereocenters. The molecule has 0 aliphatic carbocycles. The van der Waals surface area contributed by atoms with E-state index in [1.54, 1.807) is 4.57 Å². The van der Waals surface area contributed by atoms with Crippen LogP contribution in [0.2, 0.25) is 0 Å². The van der Waals surface area contributed by atoms with Gasteiger partial charge in [-0.05, 0) is 55.0 Å². The molecule has 0 spiro atoms. The van der Waals surface area contributed by atoms with E-state index in [0.717, 1.165) is 22.4 Å². The van der Waals surface area contributed by atoms with E-state index in [9.17, 15) is 9.59 Å². The van der Waals surface area contributed by atoms with Crippen LogP contribution in [0.4, 0.5) is 0 Å². The van der Waals surface area contributed by atoms with Gasteiger partial charge in [0, 0.05) is 6.54 Å². The van der Waals surface area contributed by atoms with Gasteiger partial charge in [-0.2, -0.15) is 0 Å². The van der Waals surface area contributed by atoms with Gasteiger partial charge in [0.15, 0.2) is 5.16 Å². The Morgan fingerprint density at radius 1 is 1.06 bits per heavy atom.